The molecule has 1 aliphatic carbocycles. The van der Waals surface area contributed by atoms with Crippen LogP contribution < -0.4 is 10.6 Å². The highest BCUT2D eigenvalue weighted by molar-refractivity contribution is 14.0. The minimum absolute atomic E-state index is 0. The van der Waals surface area contributed by atoms with E-state index in [0.29, 0.717) is 17.9 Å². The zero-order valence-corrected chi connectivity index (χ0v) is 18.2. The third-order valence-corrected chi connectivity index (χ3v) is 5.07. The fourth-order valence-corrected chi connectivity index (χ4v) is 3.59. The van der Waals surface area contributed by atoms with Crippen LogP contribution in [0.15, 0.2) is 29.3 Å². The molecule has 0 aromatic heterocycles. The van der Waals surface area contributed by atoms with E-state index in [9.17, 15) is 4.79 Å². The van der Waals surface area contributed by atoms with Gasteiger partial charge in [0.1, 0.15) is 0 Å². The van der Waals surface area contributed by atoms with Crippen LogP contribution in [0.5, 0.6) is 0 Å². The zero-order valence-electron chi connectivity index (χ0n) is 15.8. The Labute approximate surface area is 174 Å². The first-order chi connectivity index (χ1) is 12.2. The van der Waals surface area contributed by atoms with Crippen LogP contribution in [0.25, 0.3) is 0 Å². The van der Waals surface area contributed by atoms with Gasteiger partial charge in [0.25, 0.3) is 0 Å². The lowest BCUT2D eigenvalue weighted by Crippen LogP contribution is -2.39. The molecular formula is C20H31IN4O. The van der Waals surface area contributed by atoms with Gasteiger partial charge in [0, 0.05) is 44.6 Å². The van der Waals surface area contributed by atoms with Crippen molar-refractivity contribution in [2.24, 2.45) is 4.99 Å². The van der Waals surface area contributed by atoms with E-state index in [1.807, 2.05) is 4.90 Å². The van der Waals surface area contributed by atoms with Gasteiger partial charge in [-0.1, -0.05) is 24.3 Å². The molecule has 0 radical (unpaired) electrons. The van der Waals surface area contributed by atoms with Crippen molar-refractivity contribution >= 4 is 35.8 Å². The molecule has 1 aromatic carbocycles. The van der Waals surface area contributed by atoms with E-state index in [4.69, 9.17) is 0 Å². The van der Waals surface area contributed by atoms with Gasteiger partial charge in [0.05, 0.1) is 0 Å². The van der Waals surface area contributed by atoms with Crippen molar-refractivity contribution < 1.29 is 4.79 Å². The molecule has 2 atom stereocenters. The van der Waals surface area contributed by atoms with Gasteiger partial charge in [0.15, 0.2) is 5.96 Å². The molecule has 2 fully saturated rings. The Hall–Kier alpha value is -1.31. The van der Waals surface area contributed by atoms with Crippen LogP contribution in [-0.2, 0) is 4.79 Å². The molecule has 2 N–H and O–H groups in total. The summed E-state index contributed by atoms with van der Waals surface area (Å²) >= 11 is 0. The minimum atomic E-state index is 0. The van der Waals surface area contributed by atoms with Crippen molar-refractivity contribution in [1.29, 1.82) is 0 Å². The lowest BCUT2D eigenvalue weighted by Gasteiger charge is -2.15. The number of halogens is 1. The molecule has 1 amide bonds. The number of aryl methyl sites for hydroxylation is 1. The molecule has 0 bridgehead atoms. The molecule has 1 heterocycles. The summed E-state index contributed by atoms with van der Waals surface area (Å²) < 4.78 is 0. The zero-order chi connectivity index (χ0) is 17.6. The van der Waals surface area contributed by atoms with Crippen molar-refractivity contribution in [3.63, 3.8) is 0 Å². The number of nitrogens with zero attached hydrogens (tertiary/aromatic N) is 2. The van der Waals surface area contributed by atoms with Crippen molar-refractivity contribution in [2.45, 2.75) is 51.5 Å². The highest BCUT2D eigenvalue weighted by Gasteiger charge is 2.39. The minimum Gasteiger partial charge on any atom is -0.357 e. The molecule has 0 spiro atoms. The normalized spacial score (nSPS) is 22.2. The Morgan fingerprint density at radius 1 is 1.35 bits per heavy atom. The molecule has 3 rings (SSSR count). The molecule has 1 saturated heterocycles. The Morgan fingerprint density at radius 3 is 2.85 bits per heavy atom. The van der Waals surface area contributed by atoms with Crippen LogP contribution in [0, 0.1) is 6.92 Å². The van der Waals surface area contributed by atoms with Crippen molar-refractivity contribution in [1.82, 2.24) is 15.5 Å². The van der Waals surface area contributed by atoms with Crippen LogP contribution in [0.4, 0.5) is 0 Å². The first kappa shape index (κ1) is 21.0. The standard InChI is InChI=1S/C20H30N4O.HI/c1-3-21-20(22-11-7-13-24-12-6-10-19(24)25)23-18-14-17(18)16-9-5-4-8-15(16)2;/h4-5,8-9,17-18H,3,6-7,10-14H2,1-2H3,(H2,21,22,23);1H. The number of hydrogen-bond acceptors (Lipinski definition) is 2. The third-order valence-electron chi connectivity index (χ3n) is 5.07. The van der Waals surface area contributed by atoms with Crippen LogP contribution in [0.2, 0.25) is 0 Å². The quantitative estimate of drug-likeness (QED) is 0.279. The van der Waals surface area contributed by atoms with Gasteiger partial charge < -0.3 is 15.5 Å². The molecule has 2 aliphatic rings. The van der Waals surface area contributed by atoms with E-state index in [-0.39, 0.29) is 24.0 Å². The number of hydrogen-bond donors (Lipinski definition) is 2. The fraction of sp³-hybridized carbons (Fsp3) is 0.600. The summed E-state index contributed by atoms with van der Waals surface area (Å²) in [7, 11) is 0. The number of likely N-dealkylation sites (tertiary alicyclic amines) is 1. The predicted octanol–water partition coefficient (Wildman–Crippen LogP) is 3.04. The molecular weight excluding hydrogens is 439 g/mol. The van der Waals surface area contributed by atoms with E-state index in [0.717, 1.165) is 57.8 Å². The lowest BCUT2D eigenvalue weighted by atomic mass is 10.0. The van der Waals surface area contributed by atoms with Gasteiger partial charge in [-0.25, -0.2) is 0 Å². The number of aliphatic imine (C=N–C) groups is 1. The van der Waals surface area contributed by atoms with Crippen LogP contribution in [0.3, 0.4) is 0 Å². The average molecular weight is 470 g/mol. The first-order valence-corrected chi connectivity index (χ1v) is 9.57. The maximum Gasteiger partial charge on any atom is 0.222 e. The fourth-order valence-electron chi connectivity index (χ4n) is 3.59. The number of amides is 1. The number of carbonyl (C=O) groups excluding carboxylic acids is 1. The second-order valence-electron chi connectivity index (χ2n) is 7.05. The van der Waals surface area contributed by atoms with E-state index in [2.05, 4.69) is 53.7 Å². The van der Waals surface area contributed by atoms with Crippen LogP contribution in [-0.4, -0.2) is 49.0 Å². The van der Waals surface area contributed by atoms with E-state index in [1.165, 1.54) is 11.1 Å². The number of carbonyl (C=O) groups is 1. The summed E-state index contributed by atoms with van der Waals surface area (Å²) in [6, 6.07) is 9.11. The highest BCUT2D eigenvalue weighted by Crippen LogP contribution is 2.41. The summed E-state index contributed by atoms with van der Waals surface area (Å²) in [5, 5.41) is 6.90. The van der Waals surface area contributed by atoms with Gasteiger partial charge in [-0.05, 0) is 44.2 Å². The summed E-state index contributed by atoms with van der Waals surface area (Å²) in [6.45, 7) is 7.63. The summed E-state index contributed by atoms with van der Waals surface area (Å²) in [4.78, 5) is 18.3. The molecule has 2 unspecified atom stereocenters. The molecule has 1 saturated carbocycles. The predicted molar refractivity (Wildman–Crippen MR) is 117 cm³/mol. The van der Waals surface area contributed by atoms with Crippen molar-refractivity contribution in [2.75, 3.05) is 26.2 Å². The molecule has 1 aromatic rings. The molecule has 1 aliphatic heterocycles. The van der Waals surface area contributed by atoms with Crippen molar-refractivity contribution in [3.05, 3.63) is 35.4 Å². The Kier molecular flexibility index (Phi) is 8.18. The number of guanidine groups is 1. The lowest BCUT2D eigenvalue weighted by molar-refractivity contribution is -0.127. The average Bonchev–Trinajstić information content (AvgIpc) is 3.24. The summed E-state index contributed by atoms with van der Waals surface area (Å²) in [6.07, 6.45) is 3.81. The van der Waals surface area contributed by atoms with Crippen molar-refractivity contribution in [3.8, 4) is 0 Å². The molecule has 6 heteroatoms. The Balaban J connectivity index is 0.00000243. The third kappa shape index (κ3) is 5.59. The SMILES string of the molecule is CCNC(=NCCCN1CCCC1=O)NC1CC1c1ccccc1C.I. The van der Waals surface area contributed by atoms with Gasteiger partial charge in [-0.2, -0.15) is 0 Å². The van der Waals surface area contributed by atoms with E-state index in [1.54, 1.807) is 0 Å². The van der Waals surface area contributed by atoms with Gasteiger partial charge in [-0.3, -0.25) is 9.79 Å². The topological polar surface area (TPSA) is 56.7 Å². The number of benzene rings is 1. The summed E-state index contributed by atoms with van der Waals surface area (Å²) in [5.41, 5.74) is 2.82. The van der Waals surface area contributed by atoms with E-state index >= 15 is 0 Å². The smallest absolute Gasteiger partial charge is 0.222 e. The van der Waals surface area contributed by atoms with Crippen LogP contribution in [0.1, 0.15) is 49.7 Å². The molecule has 144 valence electrons. The molecule has 5 nitrogen and oxygen atoms in total. The number of rotatable bonds is 7. The largest absolute Gasteiger partial charge is 0.357 e. The second kappa shape index (κ2) is 10.1. The van der Waals surface area contributed by atoms with Crippen LogP contribution >= 0.6 is 24.0 Å². The van der Waals surface area contributed by atoms with E-state index < -0.39 is 0 Å². The monoisotopic (exact) mass is 470 g/mol. The Morgan fingerprint density at radius 2 is 2.15 bits per heavy atom. The van der Waals surface area contributed by atoms with Gasteiger partial charge in [-0.15, -0.1) is 24.0 Å². The maximum absolute atomic E-state index is 11.6. The molecule has 26 heavy (non-hydrogen) atoms. The summed E-state index contributed by atoms with van der Waals surface area (Å²) in [5.74, 6) is 1.79. The van der Waals surface area contributed by atoms with Gasteiger partial charge in [0.2, 0.25) is 5.91 Å². The highest BCUT2D eigenvalue weighted by atomic mass is 127. The second-order valence-corrected chi connectivity index (χ2v) is 7.05. The van der Waals surface area contributed by atoms with Gasteiger partial charge >= 0.3 is 0 Å². The number of nitrogens with one attached hydrogen (secondary N) is 2. The Bertz CT molecular complexity index is 634. The maximum atomic E-state index is 11.6. The first-order valence-electron chi connectivity index (χ1n) is 9.57.